The SMILES string of the molecule is Cc1noc(C)c1CN1Cc2cncn2C[C@H](COc2ccccn2)C1. The Hall–Kier alpha value is -2.67. The van der Waals surface area contributed by atoms with Crippen LogP contribution in [0.25, 0.3) is 0 Å². The Bertz CT molecular complexity index is 838. The fourth-order valence-electron chi connectivity index (χ4n) is 3.45. The number of fused-ring (bicyclic) bond motifs is 1. The zero-order valence-electron chi connectivity index (χ0n) is 15.1. The Balaban J connectivity index is 1.50. The predicted octanol–water partition coefficient (Wildman–Crippen LogP) is 2.59. The summed E-state index contributed by atoms with van der Waals surface area (Å²) < 4.78 is 13.5. The molecule has 4 heterocycles. The van der Waals surface area contributed by atoms with Crippen molar-refractivity contribution >= 4 is 0 Å². The van der Waals surface area contributed by atoms with Crippen molar-refractivity contribution in [3.63, 3.8) is 0 Å². The molecule has 7 nitrogen and oxygen atoms in total. The number of rotatable bonds is 5. The van der Waals surface area contributed by atoms with Crippen LogP contribution in [0.5, 0.6) is 5.88 Å². The van der Waals surface area contributed by atoms with E-state index in [0.29, 0.717) is 18.4 Å². The number of ether oxygens (including phenoxy) is 1. The van der Waals surface area contributed by atoms with Gasteiger partial charge in [-0.05, 0) is 19.9 Å². The third kappa shape index (κ3) is 3.62. The van der Waals surface area contributed by atoms with E-state index < -0.39 is 0 Å². The molecule has 0 N–H and O–H groups in total. The van der Waals surface area contributed by atoms with Gasteiger partial charge in [0.25, 0.3) is 0 Å². The molecule has 3 aromatic heterocycles. The molecule has 1 aliphatic rings. The number of aryl methyl sites for hydroxylation is 2. The van der Waals surface area contributed by atoms with Crippen LogP contribution in [0.4, 0.5) is 0 Å². The zero-order chi connectivity index (χ0) is 17.9. The lowest BCUT2D eigenvalue weighted by Gasteiger charge is -2.23. The minimum absolute atomic E-state index is 0.341. The van der Waals surface area contributed by atoms with E-state index in [1.54, 1.807) is 6.20 Å². The van der Waals surface area contributed by atoms with Crippen LogP contribution in [0.3, 0.4) is 0 Å². The summed E-state index contributed by atoms with van der Waals surface area (Å²) in [4.78, 5) is 11.0. The summed E-state index contributed by atoms with van der Waals surface area (Å²) in [7, 11) is 0. The van der Waals surface area contributed by atoms with E-state index in [1.807, 2.05) is 44.6 Å². The molecule has 0 unspecified atom stereocenters. The van der Waals surface area contributed by atoms with Crippen molar-refractivity contribution in [3.05, 3.63) is 59.6 Å². The lowest BCUT2D eigenvalue weighted by atomic mass is 10.1. The number of nitrogens with zero attached hydrogens (tertiary/aromatic N) is 5. The first kappa shape index (κ1) is 16.8. The average Bonchev–Trinajstić information content (AvgIpc) is 3.16. The van der Waals surface area contributed by atoms with Crippen LogP contribution in [0.15, 0.2) is 41.4 Å². The molecule has 0 saturated heterocycles. The molecule has 0 amide bonds. The molecule has 0 aromatic carbocycles. The van der Waals surface area contributed by atoms with Gasteiger partial charge in [0.2, 0.25) is 5.88 Å². The number of imidazole rings is 1. The zero-order valence-corrected chi connectivity index (χ0v) is 15.1. The lowest BCUT2D eigenvalue weighted by molar-refractivity contribution is 0.164. The minimum Gasteiger partial charge on any atom is -0.477 e. The van der Waals surface area contributed by atoms with Crippen molar-refractivity contribution in [3.8, 4) is 5.88 Å². The van der Waals surface area contributed by atoms with Crippen LogP contribution in [-0.2, 0) is 19.6 Å². The molecule has 1 aliphatic heterocycles. The van der Waals surface area contributed by atoms with E-state index in [2.05, 4.69) is 24.6 Å². The second-order valence-electron chi connectivity index (χ2n) is 6.85. The molecule has 4 rings (SSSR count). The normalized spacial score (nSPS) is 17.7. The second kappa shape index (κ2) is 7.29. The highest BCUT2D eigenvalue weighted by Gasteiger charge is 2.24. The third-order valence-corrected chi connectivity index (χ3v) is 4.82. The molecule has 3 aromatic rings. The van der Waals surface area contributed by atoms with Crippen molar-refractivity contribution in [2.75, 3.05) is 13.2 Å². The summed E-state index contributed by atoms with van der Waals surface area (Å²) in [5.41, 5.74) is 3.35. The Labute approximate surface area is 152 Å². The van der Waals surface area contributed by atoms with Crippen molar-refractivity contribution < 1.29 is 9.26 Å². The van der Waals surface area contributed by atoms with Gasteiger partial charge in [-0.2, -0.15) is 0 Å². The summed E-state index contributed by atoms with van der Waals surface area (Å²) in [6.07, 6.45) is 5.60. The number of aromatic nitrogens is 4. The maximum absolute atomic E-state index is 5.92. The molecular weight excluding hydrogens is 330 g/mol. The van der Waals surface area contributed by atoms with E-state index in [-0.39, 0.29) is 0 Å². The summed E-state index contributed by atoms with van der Waals surface area (Å²) in [6.45, 7) is 8.07. The van der Waals surface area contributed by atoms with Gasteiger partial charge >= 0.3 is 0 Å². The molecule has 1 atom stereocenters. The minimum atomic E-state index is 0.341. The number of hydrogen-bond acceptors (Lipinski definition) is 6. The maximum atomic E-state index is 5.92. The molecular formula is C19H23N5O2. The smallest absolute Gasteiger partial charge is 0.213 e. The van der Waals surface area contributed by atoms with Gasteiger partial charge in [0.05, 0.1) is 24.3 Å². The van der Waals surface area contributed by atoms with Crippen molar-refractivity contribution in [2.45, 2.75) is 33.5 Å². The first-order valence-electron chi connectivity index (χ1n) is 8.86. The van der Waals surface area contributed by atoms with Gasteiger partial charge in [-0.15, -0.1) is 0 Å². The average molecular weight is 353 g/mol. The Kier molecular flexibility index (Phi) is 4.71. The second-order valence-corrected chi connectivity index (χ2v) is 6.85. The van der Waals surface area contributed by atoms with E-state index in [1.165, 1.54) is 11.3 Å². The summed E-state index contributed by atoms with van der Waals surface area (Å²) in [5.74, 6) is 1.90. The van der Waals surface area contributed by atoms with Crippen LogP contribution in [0, 0.1) is 19.8 Å². The largest absolute Gasteiger partial charge is 0.477 e. The van der Waals surface area contributed by atoms with Crippen molar-refractivity contribution in [1.29, 1.82) is 0 Å². The quantitative estimate of drug-likeness (QED) is 0.702. The van der Waals surface area contributed by atoms with Gasteiger partial charge in [0, 0.05) is 56.1 Å². The monoisotopic (exact) mass is 353 g/mol. The third-order valence-electron chi connectivity index (χ3n) is 4.82. The Morgan fingerprint density at radius 1 is 1.27 bits per heavy atom. The maximum Gasteiger partial charge on any atom is 0.213 e. The standard InChI is InChI=1S/C19H23N5O2/c1-14-18(15(2)26-22-14)11-23-8-16(9-24-13-20-7-17(24)10-23)12-25-19-5-3-4-6-21-19/h3-7,13,16H,8-12H2,1-2H3/t16-/m1/s1. The Morgan fingerprint density at radius 3 is 2.96 bits per heavy atom. The van der Waals surface area contributed by atoms with Crippen LogP contribution >= 0.6 is 0 Å². The molecule has 26 heavy (non-hydrogen) atoms. The molecule has 0 radical (unpaired) electrons. The Morgan fingerprint density at radius 2 is 2.19 bits per heavy atom. The van der Waals surface area contributed by atoms with E-state index in [9.17, 15) is 0 Å². The van der Waals surface area contributed by atoms with Crippen LogP contribution in [0.1, 0.15) is 22.7 Å². The van der Waals surface area contributed by atoms with E-state index >= 15 is 0 Å². The predicted molar refractivity (Wildman–Crippen MR) is 95.5 cm³/mol. The molecule has 7 heteroatoms. The summed E-state index contributed by atoms with van der Waals surface area (Å²) in [5, 5.41) is 4.08. The van der Waals surface area contributed by atoms with Gasteiger partial charge in [0.1, 0.15) is 5.76 Å². The molecule has 0 bridgehead atoms. The summed E-state index contributed by atoms with van der Waals surface area (Å²) >= 11 is 0. The number of pyridine rings is 1. The van der Waals surface area contributed by atoms with Gasteiger partial charge in [0.15, 0.2) is 0 Å². The van der Waals surface area contributed by atoms with E-state index in [0.717, 1.165) is 37.6 Å². The molecule has 0 fully saturated rings. The molecule has 0 aliphatic carbocycles. The fourth-order valence-corrected chi connectivity index (χ4v) is 3.45. The van der Waals surface area contributed by atoms with Gasteiger partial charge in [-0.25, -0.2) is 9.97 Å². The highest BCUT2D eigenvalue weighted by Crippen LogP contribution is 2.22. The highest BCUT2D eigenvalue weighted by atomic mass is 16.5. The summed E-state index contributed by atoms with van der Waals surface area (Å²) in [6, 6.07) is 5.72. The van der Waals surface area contributed by atoms with Gasteiger partial charge in [-0.3, -0.25) is 4.90 Å². The fraction of sp³-hybridized carbons (Fsp3) is 0.421. The number of hydrogen-bond donors (Lipinski definition) is 0. The molecule has 136 valence electrons. The van der Waals surface area contributed by atoms with Crippen LogP contribution in [0.2, 0.25) is 0 Å². The molecule has 0 saturated carbocycles. The van der Waals surface area contributed by atoms with Gasteiger partial charge < -0.3 is 13.8 Å². The highest BCUT2D eigenvalue weighted by molar-refractivity contribution is 5.21. The molecule has 0 spiro atoms. The van der Waals surface area contributed by atoms with Crippen molar-refractivity contribution in [2.24, 2.45) is 5.92 Å². The topological polar surface area (TPSA) is 69.2 Å². The first-order chi connectivity index (χ1) is 12.7. The van der Waals surface area contributed by atoms with Crippen LogP contribution in [-0.4, -0.2) is 37.7 Å². The van der Waals surface area contributed by atoms with Gasteiger partial charge in [-0.1, -0.05) is 11.2 Å². The van der Waals surface area contributed by atoms with E-state index in [4.69, 9.17) is 9.26 Å². The lowest BCUT2D eigenvalue weighted by Crippen LogP contribution is -2.31. The van der Waals surface area contributed by atoms with Crippen molar-refractivity contribution in [1.82, 2.24) is 24.6 Å². The van der Waals surface area contributed by atoms with Crippen LogP contribution < -0.4 is 4.74 Å². The first-order valence-corrected chi connectivity index (χ1v) is 8.86.